The molecule has 0 unspecified atom stereocenters. The van der Waals surface area contributed by atoms with E-state index < -0.39 is 17.7 Å². The second-order valence-electron chi connectivity index (χ2n) is 9.15. The quantitative estimate of drug-likeness (QED) is 0.670. The SMILES string of the molecule is Cc1nc(-c2onc(C)c2CNC(=O)OC(C)(C)C)ccc1O[C@H]1CCC[C@H](C(=O)O)C1. The highest BCUT2D eigenvalue weighted by atomic mass is 16.6. The van der Waals surface area contributed by atoms with Gasteiger partial charge in [0.25, 0.3) is 0 Å². The van der Waals surface area contributed by atoms with Crippen molar-refractivity contribution in [3.8, 4) is 17.2 Å². The summed E-state index contributed by atoms with van der Waals surface area (Å²) in [7, 11) is 0. The van der Waals surface area contributed by atoms with Gasteiger partial charge in [0.1, 0.15) is 17.0 Å². The van der Waals surface area contributed by atoms with Gasteiger partial charge in [-0.25, -0.2) is 9.78 Å². The van der Waals surface area contributed by atoms with E-state index in [2.05, 4.69) is 15.5 Å². The molecule has 3 rings (SSSR count). The summed E-state index contributed by atoms with van der Waals surface area (Å²) in [6.07, 6.45) is 2.18. The molecular formula is C23H31N3O6. The number of rotatable bonds is 6. The van der Waals surface area contributed by atoms with Gasteiger partial charge in [-0.05, 0) is 72.4 Å². The maximum atomic E-state index is 12.0. The first-order valence-electron chi connectivity index (χ1n) is 10.8. The number of nitrogens with zero attached hydrogens (tertiary/aromatic N) is 2. The predicted octanol–water partition coefficient (Wildman–Crippen LogP) is 4.40. The number of carboxylic acids is 1. The number of ether oxygens (including phenoxy) is 2. The Kier molecular flexibility index (Phi) is 7.06. The van der Waals surface area contributed by atoms with Crippen molar-refractivity contribution in [3.63, 3.8) is 0 Å². The van der Waals surface area contributed by atoms with E-state index in [1.54, 1.807) is 33.8 Å². The summed E-state index contributed by atoms with van der Waals surface area (Å²) in [5, 5.41) is 16.0. The summed E-state index contributed by atoms with van der Waals surface area (Å²) < 4.78 is 16.8. The molecule has 1 amide bonds. The van der Waals surface area contributed by atoms with Crippen molar-refractivity contribution in [2.24, 2.45) is 5.92 Å². The van der Waals surface area contributed by atoms with Gasteiger partial charge >= 0.3 is 12.1 Å². The number of carbonyl (C=O) groups excluding carboxylic acids is 1. The zero-order valence-corrected chi connectivity index (χ0v) is 19.2. The molecule has 1 aliphatic carbocycles. The van der Waals surface area contributed by atoms with Gasteiger partial charge in [0.2, 0.25) is 0 Å². The van der Waals surface area contributed by atoms with Crippen LogP contribution in [0.25, 0.3) is 11.5 Å². The van der Waals surface area contributed by atoms with E-state index in [1.165, 1.54) is 0 Å². The number of nitrogens with one attached hydrogen (secondary N) is 1. The fraction of sp³-hybridized carbons (Fsp3) is 0.565. The number of hydrogen-bond donors (Lipinski definition) is 2. The van der Waals surface area contributed by atoms with E-state index in [9.17, 15) is 14.7 Å². The molecule has 174 valence electrons. The molecule has 1 saturated carbocycles. The highest BCUT2D eigenvalue weighted by Crippen LogP contribution is 2.31. The molecule has 9 heteroatoms. The number of amides is 1. The zero-order chi connectivity index (χ0) is 23.5. The first-order valence-corrected chi connectivity index (χ1v) is 10.8. The van der Waals surface area contributed by atoms with Crippen LogP contribution in [0.15, 0.2) is 16.7 Å². The van der Waals surface area contributed by atoms with E-state index in [-0.39, 0.29) is 18.6 Å². The van der Waals surface area contributed by atoms with Crippen LogP contribution in [0.4, 0.5) is 4.79 Å². The van der Waals surface area contributed by atoms with Crippen molar-refractivity contribution in [3.05, 3.63) is 29.1 Å². The van der Waals surface area contributed by atoms with Crippen LogP contribution in [-0.4, -0.2) is 39.0 Å². The lowest BCUT2D eigenvalue weighted by molar-refractivity contribution is -0.143. The predicted molar refractivity (Wildman–Crippen MR) is 116 cm³/mol. The van der Waals surface area contributed by atoms with Crippen molar-refractivity contribution in [1.82, 2.24) is 15.5 Å². The zero-order valence-electron chi connectivity index (χ0n) is 19.2. The van der Waals surface area contributed by atoms with Crippen LogP contribution in [0.3, 0.4) is 0 Å². The monoisotopic (exact) mass is 445 g/mol. The summed E-state index contributed by atoms with van der Waals surface area (Å²) in [5.74, 6) is -0.0403. The third-order valence-electron chi connectivity index (χ3n) is 5.33. The van der Waals surface area contributed by atoms with Crippen molar-refractivity contribution >= 4 is 12.1 Å². The molecule has 1 fully saturated rings. The largest absolute Gasteiger partial charge is 0.489 e. The number of hydrogen-bond acceptors (Lipinski definition) is 7. The molecule has 0 spiro atoms. The second kappa shape index (κ2) is 9.58. The van der Waals surface area contributed by atoms with E-state index in [0.717, 1.165) is 12.8 Å². The number of carbonyl (C=O) groups is 2. The van der Waals surface area contributed by atoms with E-state index in [0.29, 0.717) is 47.0 Å². The molecule has 2 atom stereocenters. The van der Waals surface area contributed by atoms with E-state index in [4.69, 9.17) is 14.0 Å². The molecule has 0 aliphatic heterocycles. The lowest BCUT2D eigenvalue weighted by Crippen LogP contribution is -2.32. The Balaban J connectivity index is 1.71. The van der Waals surface area contributed by atoms with Crippen LogP contribution >= 0.6 is 0 Å². The molecular weight excluding hydrogens is 414 g/mol. The van der Waals surface area contributed by atoms with Crippen molar-refractivity contribution in [1.29, 1.82) is 0 Å². The molecule has 1 aliphatic rings. The van der Waals surface area contributed by atoms with Gasteiger partial charge in [-0.1, -0.05) is 5.16 Å². The van der Waals surface area contributed by atoms with Gasteiger partial charge in [-0.3, -0.25) is 4.79 Å². The topological polar surface area (TPSA) is 124 Å². The fourth-order valence-corrected chi connectivity index (χ4v) is 3.73. The second-order valence-corrected chi connectivity index (χ2v) is 9.15. The van der Waals surface area contributed by atoms with Crippen molar-refractivity contribution in [2.45, 2.75) is 78.6 Å². The number of aliphatic carboxylic acids is 1. The maximum Gasteiger partial charge on any atom is 0.407 e. The highest BCUT2D eigenvalue weighted by molar-refractivity contribution is 5.70. The first-order chi connectivity index (χ1) is 15.0. The lowest BCUT2D eigenvalue weighted by Gasteiger charge is -2.27. The lowest BCUT2D eigenvalue weighted by atomic mass is 9.87. The average Bonchev–Trinajstić information content (AvgIpc) is 3.07. The van der Waals surface area contributed by atoms with Crippen LogP contribution in [-0.2, 0) is 16.1 Å². The van der Waals surface area contributed by atoms with Gasteiger partial charge in [0.05, 0.1) is 30.0 Å². The van der Waals surface area contributed by atoms with Crippen LogP contribution in [0.5, 0.6) is 5.75 Å². The first kappa shape index (κ1) is 23.6. The van der Waals surface area contributed by atoms with Gasteiger partial charge in [-0.2, -0.15) is 0 Å². The minimum absolute atomic E-state index is 0.141. The Morgan fingerprint density at radius 1 is 1.22 bits per heavy atom. The standard InChI is InChI=1S/C23H31N3O6/c1-13-17(12-24-22(29)31-23(3,4)5)20(32-26-13)18-9-10-19(14(2)25-18)30-16-8-6-7-15(11-16)21(27)28/h9-10,15-16H,6-8,11-12H2,1-5H3,(H,24,29)(H,27,28)/t15-,16-/m0/s1. The third-order valence-corrected chi connectivity index (χ3v) is 5.33. The Morgan fingerprint density at radius 3 is 2.62 bits per heavy atom. The van der Waals surface area contributed by atoms with Gasteiger partial charge in [-0.15, -0.1) is 0 Å². The number of aromatic nitrogens is 2. The van der Waals surface area contributed by atoms with Crippen LogP contribution in [0.2, 0.25) is 0 Å². The number of aryl methyl sites for hydroxylation is 2. The number of pyridine rings is 1. The summed E-state index contributed by atoms with van der Waals surface area (Å²) in [6, 6.07) is 3.59. The highest BCUT2D eigenvalue weighted by Gasteiger charge is 2.28. The number of carboxylic acid groups (broad SMARTS) is 1. The molecule has 2 aromatic heterocycles. The summed E-state index contributed by atoms with van der Waals surface area (Å²) >= 11 is 0. The van der Waals surface area contributed by atoms with Gasteiger partial charge in [0.15, 0.2) is 5.76 Å². The van der Waals surface area contributed by atoms with Crippen molar-refractivity contribution in [2.75, 3.05) is 0 Å². The molecule has 32 heavy (non-hydrogen) atoms. The van der Waals surface area contributed by atoms with E-state index >= 15 is 0 Å². The van der Waals surface area contributed by atoms with Crippen LogP contribution in [0.1, 0.15) is 63.4 Å². The maximum absolute atomic E-state index is 12.0. The molecule has 0 radical (unpaired) electrons. The van der Waals surface area contributed by atoms with Crippen molar-refractivity contribution < 1.29 is 28.7 Å². The fourth-order valence-electron chi connectivity index (χ4n) is 3.73. The number of alkyl carbamates (subject to hydrolysis) is 1. The normalized spacial score (nSPS) is 18.8. The summed E-state index contributed by atoms with van der Waals surface area (Å²) in [4.78, 5) is 27.9. The molecule has 0 bridgehead atoms. The molecule has 2 aromatic rings. The molecule has 0 saturated heterocycles. The van der Waals surface area contributed by atoms with Crippen LogP contribution in [0, 0.1) is 19.8 Å². The van der Waals surface area contributed by atoms with Crippen LogP contribution < -0.4 is 10.1 Å². The molecule has 2 heterocycles. The van der Waals surface area contributed by atoms with E-state index in [1.807, 2.05) is 13.0 Å². The Bertz CT molecular complexity index is 979. The summed E-state index contributed by atoms with van der Waals surface area (Å²) in [5.41, 5.74) is 2.02. The minimum atomic E-state index is -0.767. The van der Waals surface area contributed by atoms with Gasteiger partial charge < -0.3 is 24.4 Å². The Morgan fingerprint density at radius 2 is 1.97 bits per heavy atom. The third kappa shape index (κ3) is 5.99. The Labute approximate surface area is 187 Å². The smallest absolute Gasteiger partial charge is 0.407 e. The molecule has 9 nitrogen and oxygen atoms in total. The molecule has 0 aromatic carbocycles. The minimum Gasteiger partial charge on any atom is -0.489 e. The summed E-state index contributed by atoms with van der Waals surface area (Å²) in [6.45, 7) is 9.22. The van der Waals surface area contributed by atoms with Gasteiger partial charge in [0, 0.05) is 5.56 Å². The Hall–Kier alpha value is -3.10. The average molecular weight is 446 g/mol. The molecule has 2 N–H and O–H groups in total.